The van der Waals surface area contributed by atoms with Gasteiger partial charge in [0.1, 0.15) is 0 Å². The van der Waals surface area contributed by atoms with Gasteiger partial charge in [0, 0.05) is 12.1 Å². The number of nitrogens with two attached hydrogens (primary N) is 1. The molecule has 0 bridgehead atoms. The topological polar surface area (TPSA) is 55.1 Å². The number of hydrogen-bond acceptors (Lipinski definition) is 2. The van der Waals surface area contributed by atoms with Crippen molar-refractivity contribution >= 4 is 5.91 Å². The van der Waals surface area contributed by atoms with Gasteiger partial charge < -0.3 is 11.1 Å². The van der Waals surface area contributed by atoms with Crippen LogP contribution in [-0.2, 0) is 0 Å². The Balaban J connectivity index is 2.14. The molecule has 19 heavy (non-hydrogen) atoms. The van der Waals surface area contributed by atoms with Crippen LogP contribution in [0.1, 0.15) is 36.0 Å². The van der Waals surface area contributed by atoms with E-state index in [0.717, 1.165) is 31.4 Å². The van der Waals surface area contributed by atoms with Gasteiger partial charge in [0.05, 0.1) is 5.56 Å². The molecule has 1 fully saturated rings. The first-order chi connectivity index (χ1) is 9.00. The smallest absolute Gasteiger partial charge is 0.254 e. The minimum atomic E-state index is -1.64. The molecular weight excluding hydrogens is 257 g/mol. The van der Waals surface area contributed by atoms with Crippen molar-refractivity contribution in [1.82, 2.24) is 5.32 Å². The summed E-state index contributed by atoms with van der Waals surface area (Å²) in [5.74, 6) is -5.19. The van der Waals surface area contributed by atoms with Crippen LogP contribution in [0.15, 0.2) is 12.1 Å². The molecule has 1 aliphatic rings. The SMILES string of the molecule is N[C@@H]1CCCC[C@H]1NC(=O)c1ccc(F)c(F)c1F. The maximum absolute atomic E-state index is 13.5. The Morgan fingerprint density at radius 3 is 2.53 bits per heavy atom. The molecule has 0 saturated heterocycles. The summed E-state index contributed by atoms with van der Waals surface area (Å²) in [6, 6.07) is 1.21. The van der Waals surface area contributed by atoms with E-state index in [1.807, 2.05) is 0 Å². The second-order valence-electron chi connectivity index (χ2n) is 4.75. The van der Waals surface area contributed by atoms with Gasteiger partial charge in [0.2, 0.25) is 0 Å². The van der Waals surface area contributed by atoms with Gasteiger partial charge in [0.15, 0.2) is 17.5 Å². The summed E-state index contributed by atoms with van der Waals surface area (Å²) >= 11 is 0. The van der Waals surface area contributed by atoms with E-state index in [4.69, 9.17) is 5.73 Å². The number of rotatable bonds is 2. The van der Waals surface area contributed by atoms with E-state index in [1.165, 1.54) is 0 Å². The quantitative estimate of drug-likeness (QED) is 0.810. The van der Waals surface area contributed by atoms with Gasteiger partial charge in [-0.25, -0.2) is 13.2 Å². The minimum absolute atomic E-state index is 0.189. The summed E-state index contributed by atoms with van der Waals surface area (Å²) in [5, 5.41) is 2.58. The van der Waals surface area contributed by atoms with Gasteiger partial charge in [-0.1, -0.05) is 12.8 Å². The normalized spacial score (nSPS) is 23.2. The molecular formula is C13H15F3N2O. The molecule has 0 radical (unpaired) electrons. The lowest BCUT2D eigenvalue weighted by Gasteiger charge is -2.29. The van der Waals surface area contributed by atoms with E-state index in [1.54, 1.807) is 0 Å². The standard InChI is InChI=1S/C13H15F3N2O/c14-8-6-5-7(11(15)12(8)16)13(19)18-10-4-2-1-3-9(10)17/h5-6,9-10H,1-4,17H2,(H,18,19)/t9-,10-/m1/s1. The molecule has 6 heteroatoms. The number of benzene rings is 1. The van der Waals surface area contributed by atoms with Crippen molar-refractivity contribution in [3.05, 3.63) is 35.1 Å². The van der Waals surface area contributed by atoms with Crippen molar-refractivity contribution in [2.24, 2.45) is 5.73 Å². The van der Waals surface area contributed by atoms with Crippen LogP contribution in [0.4, 0.5) is 13.2 Å². The highest BCUT2D eigenvalue weighted by atomic mass is 19.2. The molecule has 2 rings (SSSR count). The van der Waals surface area contributed by atoms with Crippen LogP contribution in [-0.4, -0.2) is 18.0 Å². The first-order valence-electron chi connectivity index (χ1n) is 6.20. The number of carbonyl (C=O) groups is 1. The Labute approximate surface area is 109 Å². The number of halogens is 3. The molecule has 3 N–H and O–H groups in total. The Hall–Kier alpha value is -1.56. The van der Waals surface area contributed by atoms with Crippen molar-refractivity contribution in [2.75, 3.05) is 0 Å². The molecule has 0 aromatic heterocycles. The highest BCUT2D eigenvalue weighted by Crippen LogP contribution is 2.19. The zero-order chi connectivity index (χ0) is 14.0. The number of hydrogen-bond donors (Lipinski definition) is 2. The summed E-state index contributed by atoms with van der Waals surface area (Å²) in [7, 11) is 0. The fourth-order valence-electron chi connectivity index (χ4n) is 2.29. The number of nitrogens with one attached hydrogen (secondary N) is 1. The third-order valence-electron chi connectivity index (χ3n) is 3.42. The lowest BCUT2D eigenvalue weighted by molar-refractivity contribution is 0.0916. The Bertz CT molecular complexity index is 493. The second-order valence-corrected chi connectivity index (χ2v) is 4.75. The minimum Gasteiger partial charge on any atom is -0.348 e. The van der Waals surface area contributed by atoms with E-state index < -0.39 is 28.9 Å². The van der Waals surface area contributed by atoms with Crippen LogP contribution in [0.25, 0.3) is 0 Å². The van der Waals surface area contributed by atoms with E-state index in [0.29, 0.717) is 6.42 Å². The molecule has 0 unspecified atom stereocenters. The lowest BCUT2D eigenvalue weighted by Crippen LogP contribution is -2.49. The van der Waals surface area contributed by atoms with Crippen molar-refractivity contribution in [3.8, 4) is 0 Å². The molecule has 1 saturated carbocycles. The molecule has 0 spiro atoms. The maximum Gasteiger partial charge on any atom is 0.254 e. The Kier molecular flexibility index (Phi) is 4.09. The summed E-state index contributed by atoms with van der Waals surface area (Å²) in [6.07, 6.45) is 3.41. The number of carbonyl (C=O) groups excluding carboxylic acids is 1. The molecule has 2 atom stereocenters. The van der Waals surface area contributed by atoms with Crippen molar-refractivity contribution in [2.45, 2.75) is 37.8 Å². The average Bonchev–Trinajstić information content (AvgIpc) is 2.39. The van der Waals surface area contributed by atoms with Gasteiger partial charge in [-0.05, 0) is 25.0 Å². The van der Waals surface area contributed by atoms with Crippen LogP contribution in [0.2, 0.25) is 0 Å². The average molecular weight is 272 g/mol. The van der Waals surface area contributed by atoms with Gasteiger partial charge >= 0.3 is 0 Å². The van der Waals surface area contributed by atoms with Crippen LogP contribution in [0.5, 0.6) is 0 Å². The Morgan fingerprint density at radius 1 is 1.16 bits per heavy atom. The predicted molar refractivity (Wildman–Crippen MR) is 64.0 cm³/mol. The fraction of sp³-hybridized carbons (Fsp3) is 0.462. The largest absolute Gasteiger partial charge is 0.348 e. The zero-order valence-corrected chi connectivity index (χ0v) is 10.3. The highest BCUT2D eigenvalue weighted by molar-refractivity contribution is 5.94. The predicted octanol–water partition coefficient (Wildman–Crippen LogP) is 2.10. The molecule has 0 aliphatic heterocycles. The Morgan fingerprint density at radius 2 is 1.84 bits per heavy atom. The summed E-state index contributed by atoms with van der Waals surface area (Å²) < 4.78 is 39.3. The van der Waals surface area contributed by atoms with Crippen LogP contribution in [0, 0.1) is 17.5 Å². The van der Waals surface area contributed by atoms with Crippen LogP contribution < -0.4 is 11.1 Å². The maximum atomic E-state index is 13.5. The molecule has 3 nitrogen and oxygen atoms in total. The van der Waals surface area contributed by atoms with Gasteiger partial charge in [-0.15, -0.1) is 0 Å². The lowest BCUT2D eigenvalue weighted by atomic mass is 9.91. The van der Waals surface area contributed by atoms with Gasteiger partial charge in [-0.2, -0.15) is 0 Å². The second kappa shape index (κ2) is 5.61. The molecule has 0 heterocycles. The monoisotopic (exact) mass is 272 g/mol. The molecule has 104 valence electrons. The van der Waals surface area contributed by atoms with Gasteiger partial charge in [0.25, 0.3) is 5.91 Å². The molecule has 1 aromatic rings. The summed E-state index contributed by atoms with van der Waals surface area (Å²) in [6.45, 7) is 0. The highest BCUT2D eigenvalue weighted by Gasteiger charge is 2.26. The van der Waals surface area contributed by atoms with Crippen molar-refractivity contribution < 1.29 is 18.0 Å². The van der Waals surface area contributed by atoms with Gasteiger partial charge in [-0.3, -0.25) is 4.79 Å². The third-order valence-corrected chi connectivity index (χ3v) is 3.42. The van der Waals surface area contributed by atoms with Crippen molar-refractivity contribution in [1.29, 1.82) is 0 Å². The van der Waals surface area contributed by atoms with E-state index in [9.17, 15) is 18.0 Å². The zero-order valence-electron chi connectivity index (χ0n) is 10.3. The molecule has 1 aliphatic carbocycles. The third kappa shape index (κ3) is 2.89. The summed E-state index contributed by atoms with van der Waals surface area (Å²) in [4.78, 5) is 11.8. The van der Waals surface area contributed by atoms with E-state index in [-0.39, 0.29) is 12.1 Å². The first kappa shape index (κ1) is 13.9. The number of amides is 1. The first-order valence-corrected chi connectivity index (χ1v) is 6.20. The molecule has 1 aromatic carbocycles. The summed E-state index contributed by atoms with van der Waals surface area (Å²) in [5.41, 5.74) is 5.35. The van der Waals surface area contributed by atoms with Crippen LogP contribution in [0.3, 0.4) is 0 Å². The fourth-order valence-corrected chi connectivity index (χ4v) is 2.29. The van der Waals surface area contributed by atoms with Crippen LogP contribution >= 0.6 is 0 Å². The van der Waals surface area contributed by atoms with E-state index >= 15 is 0 Å². The molecule has 1 amide bonds. The van der Waals surface area contributed by atoms with Crippen molar-refractivity contribution in [3.63, 3.8) is 0 Å². The van der Waals surface area contributed by atoms with E-state index in [2.05, 4.69) is 5.32 Å².